The van der Waals surface area contributed by atoms with Gasteiger partial charge >= 0.3 is 6.18 Å². The molecule has 0 fully saturated rings. The van der Waals surface area contributed by atoms with Gasteiger partial charge in [-0.1, -0.05) is 36.4 Å². The number of anilines is 2. The minimum Gasteiger partial charge on any atom is -0.399 e. The SMILES string of the molecule is Nc1cccc(-c2cc(-c3cccc(C(F)(F)F)c3)cc(-c3cccc(N)c3)n2)c1. The Morgan fingerprint density at radius 1 is 0.567 bits per heavy atom. The fourth-order valence-corrected chi connectivity index (χ4v) is 3.26. The Labute approximate surface area is 171 Å². The van der Waals surface area contributed by atoms with Crippen LogP contribution in [0.4, 0.5) is 24.5 Å². The molecule has 0 spiro atoms. The minimum atomic E-state index is -4.42. The topological polar surface area (TPSA) is 64.9 Å². The number of nitrogen functional groups attached to an aromatic ring is 2. The van der Waals surface area contributed by atoms with Crippen molar-refractivity contribution in [2.24, 2.45) is 0 Å². The molecule has 4 aromatic rings. The van der Waals surface area contributed by atoms with Gasteiger partial charge in [0.1, 0.15) is 0 Å². The van der Waals surface area contributed by atoms with E-state index in [0.29, 0.717) is 33.9 Å². The number of alkyl halides is 3. The highest BCUT2D eigenvalue weighted by Gasteiger charge is 2.30. The number of hydrogen-bond donors (Lipinski definition) is 2. The normalized spacial score (nSPS) is 11.4. The lowest BCUT2D eigenvalue weighted by atomic mass is 9.98. The summed E-state index contributed by atoms with van der Waals surface area (Å²) in [6.07, 6.45) is -4.42. The average molecular weight is 405 g/mol. The number of hydrogen-bond acceptors (Lipinski definition) is 3. The molecule has 0 aliphatic carbocycles. The molecule has 0 saturated carbocycles. The summed E-state index contributed by atoms with van der Waals surface area (Å²) in [7, 11) is 0. The molecule has 0 aliphatic heterocycles. The van der Waals surface area contributed by atoms with Gasteiger partial charge in [0.25, 0.3) is 0 Å². The number of nitrogens with zero attached hydrogens (tertiary/aromatic N) is 1. The molecule has 3 aromatic carbocycles. The fraction of sp³-hybridized carbons (Fsp3) is 0.0417. The van der Waals surface area contributed by atoms with Gasteiger partial charge in [0, 0.05) is 22.5 Å². The van der Waals surface area contributed by atoms with E-state index in [1.807, 2.05) is 24.3 Å². The van der Waals surface area contributed by atoms with E-state index in [2.05, 4.69) is 0 Å². The lowest BCUT2D eigenvalue weighted by Gasteiger charge is -2.13. The standard InChI is InChI=1S/C24H18F3N3/c25-24(26,27)19-7-1-4-15(10-19)18-13-22(16-5-2-8-20(28)11-16)30-23(14-18)17-6-3-9-21(29)12-17/h1-14H,28-29H2. The van der Waals surface area contributed by atoms with Crippen molar-refractivity contribution >= 4 is 11.4 Å². The van der Waals surface area contributed by atoms with Gasteiger partial charge < -0.3 is 11.5 Å². The number of nitrogens with two attached hydrogens (primary N) is 2. The van der Waals surface area contributed by atoms with Gasteiger partial charge in [0.15, 0.2) is 0 Å². The second-order valence-corrected chi connectivity index (χ2v) is 6.96. The van der Waals surface area contributed by atoms with Crippen molar-refractivity contribution in [3.63, 3.8) is 0 Å². The summed E-state index contributed by atoms with van der Waals surface area (Å²) in [5.41, 5.74) is 16.1. The predicted octanol–water partition coefficient (Wildman–Crippen LogP) is 6.27. The molecule has 150 valence electrons. The summed E-state index contributed by atoms with van der Waals surface area (Å²) >= 11 is 0. The Morgan fingerprint density at radius 3 is 1.57 bits per heavy atom. The molecule has 4 N–H and O–H groups in total. The number of rotatable bonds is 3. The monoisotopic (exact) mass is 405 g/mol. The van der Waals surface area contributed by atoms with Crippen LogP contribution in [-0.2, 0) is 6.18 Å². The predicted molar refractivity (Wildman–Crippen MR) is 114 cm³/mol. The first-order chi connectivity index (χ1) is 14.3. The maximum atomic E-state index is 13.2. The third-order valence-electron chi connectivity index (χ3n) is 4.71. The first kappa shape index (κ1) is 19.5. The molecule has 1 aromatic heterocycles. The van der Waals surface area contributed by atoms with Crippen LogP contribution in [-0.4, -0.2) is 4.98 Å². The van der Waals surface area contributed by atoms with Gasteiger partial charge in [-0.2, -0.15) is 13.2 Å². The zero-order valence-electron chi connectivity index (χ0n) is 15.8. The quantitative estimate of drug-likeness (QED) is 0.395. The molecule has 3 nitrogen and oxygen atoms in total. The maximum Gasteiger partial charge on any atom is 0.416 e. The Balaban J connectivity index is 1.92. The van der Waals surface area contributed by atoms with E-state index < -0.39 is 11.7 Å². The third kappa shape index (κ3) is 4.12. The molecule has 0 amide bonds. The van der Waals surface area contributed by atoms with E-state index in [1.165, 1.54) is 6.07 Å². The van der Waals surface area contributed by atoms with E-state index in [9.17, 15) is 13.2 Å². The molecule has 0 radical (unpaired) electrons. The van der Waals surface area contributed by atoms with Crippen LogP contribution in [0.15, 0.2) is 84.9 Å². The second-order valence-electron chi connectivity index (χ2n) is 6.96. The Bertz CT molecular complexity index is 1150. The van der Waals surface area contributed by atoms with Crippen LogP contribution in [0.1, 0.15) is 5.56 Å². The largest absolute Gasteiger partial charge is 0.416 e. The lowest BCUT2D eigenvalue weighted by molar-refractivity contribution is -0.137. The highest BCUT2D eigenvalue weighted by Crippen LogP contribution is 2.35. The number of benzene rings is 3. The van der Waals surface area contributed by atoms with Crippen LogP contribution in [0.2, 0.25) is 0 Å². The van der Waals surface area contributed by atoms with Gasteiger partial charge in [-0.15, -0.1) is 0 Å². The number of pyridine rings is 1. The maximum absolute atomic E-state index is 13.2. The van der Waals surface area contributed by atoms with Crippen molar-refractivity contribution < 1.29 is 13.2 Å². The van der Waals surface area contributed by atoms with Gasteiger partial charge in [0.2, 0.25) is 0 Å². The van der Waals surface area contributed by atoms with Gasteiger partial charge in [-0.05, 0) is 59.7 Å². The summed E-state index contributed by atoms with van der Waals surface area (Å²) in [6.45, 7) is 0. The molecule has 1 heterocycles. The first-order valence-corrected chi connectivity index (χ1v) is 9.21. The number of aromatic nitrogens is 1. The zero-order valence-corrected chi connectivity index (χ0v) is 15.8. The fourth-order valence-electron chi connectivity index (χ4n) is 3.26. The molecule has 0 aliphatic rings. The molecular weight excluding hydrogens is 387 g/mol. The van der Waals surface area contributed by atoms with Crippen LogP contribution in [0.25, 0.3) is 33.6 Å². The molecule has 6 heteroatoms. The van der Waals surface area contributed by atoms with Crippen LogP contribution >= 0.6 is 0 Å². The van der Waals surface area contributed by atoms with Crippen LogP contribution in [0.5, 0.6) is 0 Å². The lowest BCUT2D eigenvalue weighted by Crippen LogP contribution is -2.04. The summed E-state index contributed by atoms with van der Waals surface area (Å²) in [5, 5.41) is 0. The highest BCUT2D eigenvalue weighted by molar-refractivity contribution is 5.78. The van der Waals surface area contributed by atoms with E-state index in [-0.39, 0.29) is 0 Å². The van der Waals surface area contributed by atoms with E-state index >= 15 is 0 Å². The smallest absolute Gasteiger partial charge is 0.399 e. The Hall–Kier alpha value is -3.80. The molecule has 30 heavy (non-hydrogen) atoms. The Kier molecular flexibility index (Phi) is 4.91. The molecular formula is C24H18F3N3. The van der Waals surface area contributed by atoms with Crippen molar-refractivity contribution in [3.05, 3.63) is 90.5 Å². The molecule has 0 saturated heterocycles. The minimum absolute atomic E-state index is 0.447. The first-order valence-electron chi connectivity index (χ1n) is 9.21. The van der Waals surface area contributed by atoms with Gasteiger partial charge in [-0.3, -0.25) is 0 Å². The molecule has 0 unspecified atom stereocenters. The van der Waals surface area contributed by atoms with Crippen molar-refractivity contribution in [1.82, 2.24) is 4.98 Å². The van der Waals surface area contributed by atoms with Crippen molar-refractivity contribution in [2.75, 3.05) is 11.5 Å². The van der Waals surface area contributed by atoms with Crippen molar-refractivity contribution in [1.29, 1.82) is 0 Å². The highest BCUT2D eigenvalue weighted by atomic mass is 19.4. The van der Waals surface area contributed by atoms with Crippen molar-refractivity contribution in [3.8, 4) is 33.6 Å². The summed E-state index contributed by atoms with van der Waals surface area (Å²) in [4.78, 5) is 4.72. The molecule has 0 bridgehead atoms. The summed E-state index contributed by atoms with van der Waals surface area (Å²) < 4.78 is 39.7. The van der Waals surface area contributed by atoms with E-state index in [0.717, 1.165) is 23.3 Å². The van der Waals surface area contributed by atoms with Gasteiger partial charge in [0.05, 0.1) is 17.0 Å². The van der Waals surface area contributed by atoms with Crippen molar-refractivity contribution in [2.45, 2.75) is 6.18 Å². The molecule has 0 atom stereocenters. The van der Waals surface area contributed by atoms with E-state index in [4.69, 9.17) is 16.5 Å². The van der Waals surface area contributed by atoms with Gasteiger partial charge in [-0.25, -0.2) is 4.98 Å². The summed E-state index contributed by atoms with van der Waals surface area (Å²) in [6, 6.07) is 23.2. The zero-order chi connectivity index (χ0) is 21.3. The Morgan fingerprint density at radius 2 is 1.07 bits per heavy atom. The number of halogens is 3. The van der Waals surface area contributed by atoms with Crippen LogP contribution < -0.4 is 11.5 Å². The van der Waals surface area contributed by atoms with Crippen LogP contribution in [0.3, 0.4) is 0 Å². The van der Waals surface area contributed by atoms with E-state index in [1.54, 1.807) is 42.5 Å². The second kappa shape index (κ2) is 7.55. The third-order valence-corrected chi connectivity index (χ3v) is 4.71. The summed E-state index contributed by atoms with van der Waals surface area (Å²) in [5.74, 6) is 0. The van der Waals surface area contributed by atoms with Crippen LogP contribution in [0, 0.1) is 0 Å². The molecule has 4 rings (SSSR count). The average Bonchev–Trinajstić information content (AvgIpc) is 2.73.